The highest BCUT2D eigenvalue weighted by molar-refractivity contribution is 7.46. The number of allylic oxidation sites excluding steroid dienone is 6. The van der Waals surface area contributed by atoms with Gasteiger partial charge in [-0.1, -0.05) is 153 Å². The second kappa shape index (κ2) is 38.0. The van der Waals surface area contributed by atoms with E-state index in [1.165, 1.54) is 96.3 Å². The zero-order valence-corrected chi connectivity index (χ0v) is 33.6. The van der Waals surface area contributed by atoms with Crippen molar-refractivity contribution in [3.8, 4) is 0 Å². The molecular formula is C42H77O8P. The predicted octanol–water partition coefficient (Wildman–Crippen LogP) is 12.6. The molecule has 0 aliphatic heterocycles. The van der Waals surface area contributed by atoms with E-state index < -0.39 is 32.5 Å². The van der Waals surface area contributed by atoms with E-state index in [2.05, 4.69) is 54.8 Å². The predicted molar refractivity (Wildman–Crippen MR) is 211 cm³/mol. The van der Waals surface area contributed by atoms with Crippen LogP contribution in [-0.2, 0) is 28.2 Å². The van der Waals surface area contributed by atoms with Crippen LogP contribution in [-0.4, -0.2) is 41.0 Å². The molecule has 9 heteroatoms. The van der Waals surface area contributed by atoms with Gasteiger partial charge in [0, 0.05) is 12.8 Å². The molecule has 0 amide bonds. The lowest BCUT2D eigenvalue weighted by molar-refractivity contribution is -0.161. The van der Waals surface area contributed by atoms with Crippen LogP contribution >= 0.6 is 7.82 Å². The van der Waals surface area contributed by atoms with Crippen molar-refractivity contribution < 1.29 is 37.9 Å². The van der Waals surface area contributed by atoms with Gasteiger partial charge in [-0.05, 0) is 70.6 Å². The Labute approximate surface area is 312 Å². The molecule has 1 atom stereocenters. The van der Waals surface area contributed by atoms with Crippen molar-refractivity contribution >= 4 is 19.8 Å². The van der Waals surface area contributed by atoms with E-state index in [9.17, 15) is 14.2 Å². The van der Waals surface area contributed by atoms with E-state index in [1.54, 1.807) is 0 Å². The first-order valence-corrected chi connectivity index (χ1v) is 22.3. The zero-order chi connectivity index (χ0) is 37.5. The molecule has 0 rings (SSSR count). The maximum absolute atomic E-state index is 12.4. The minimum Gasteiger partial charge on any atom is -0.462 e. The van der Waals surface area contributed by atoms with Gasteiger partial charge in [-0.2, -0.15) is 0 Å². The number of phosphoric acid groups is 1. The molecule has 0 aromatic carbocycles. The Morgan fingerprint density at radius 1 is 0.510 bits per heavy atom. The monoisotopic (exact) mass is 741 g/mol. The van der Waals surface area contributed by atoms with Crippen LogP contribution < -0.4 is 0 Å². The summed E-state index contributed by atoms with van der Waals surface area (Å²) in [5.74, 6) is -0.897. The number of rotatable bonds is 38. The topological polar surface area (TPSA) is 119 Å². The molecule has 0 fully saturated rings. The van der Waals surface area contributed by atoms with E-state index in [0.29, 0.717) is 6.42 Å². The summed E-state index contributed by atoms with van der Waals surface area (Å²) >= 11 is 0. The Morgan fingerprint density at radius 3 is 1.35 bits per heavy atom. The van der Waals surface area contributed by atoms with E-state index in [4.69, 9.17) is 19.3 Å². The van der Waals surface area contributed by atoms with Crippen LogP contribution in [0.25, 0.3) is 0 Å². The molecular weight excluding hydrogens is 663 g/mol. The van der Waals surface area contributed by atoms with E-state index in [1.807, 2.05) is 0 Å². The summed E-state index contributed by atoms with van der Waals surface area (Å²) in [6.07, 6.45) is 44.3. The standard InChI is InChI=1S/C42H77O8P/c1-3-5-7-9-11-13-15-17-19-20-21-22-23-25-26-28-30-32-34-36-41(43)48-38-40(39-49-51(45,46)47)50-42(44)37-35-33-31-29-27-24-18-16-14-12-10-8-6-4-2/h11,13,16-19,40H,3-10,12,14-15,20-39H2,1-2H3,(H2,45,46,47)/b13-11-,18-16-,19-17-/t40-/m1/s1. The molecule has 0 unspecified atom stereocenters. The van der Waals surface area contributed by atoms with Crippen molar-refractivity contribution in [1.29, 1.82) is 0 Å². The maximum Gasteiger partial charge on any atom is 0.469 e. The van der Waals surface area contributed by atoms with Gasteiger partial charge in [0.1, 0.15) is 6.61 Å². The molecule has 0 bridgehead atoms. The van der Waals surface area contributed by atoms with Crippen LogP contribution in [0.3, 0.4) is 0 Å². The summed E-state index contributed by atoms with van der Waals surface area (Å²) in [7, 11) is -4.75. The summed E-state index contributed by atoms with van der Waals surface area (Å²) in [4.78, 5) is 42.8. The van der Waals surface area contributed by atoms with Gasteiger partial charge in [0.15, 0.2) is 6.10 Å². The van der Waals surface area contributed by atoms with Gasteiger partial charge >= 0.3 is 19.8 Å². The lowest BCUT2D eigenvalue weighted by Crippen LogP contribution is -2.29. The highest BCUT2D eigenvalue weighted by Gasteiger charge is 2.22. The first kappa shape index (κ1) is 49.3. The Bertz CT molecular complexity index is 926. The second-order valence-electron chi connectivity index (χ2n) is 14.0. The molecule has 2 N–H and O–H groups in total. The van der Waals surface area contributed by atoms with Gasteiger partial charge in [0.05, 0.1) is 6.61 Å². The number of carbonyl (C=O) groups is 2. The lowest BCUT2D eigenvalue weighted by Gasteiger charge is -2.18. The smallest absolute Gasteiger partial charge is 0.462 e. The minimum atomic E-state index is -4.75. The summed E-state index contributed by atoms with van der Waals surface area (Å²) in [6.45, 7) is 3.64. The average Bonchev–Trinajstić information content (AvgIpc) is 3.10. The Hall–Kier alpha value is -1.73. The maximum atomic E-state index is 12.4. The third-order valence-electron chi connectivity index (χ3n) is 8.88. The van der Waals surface area contributed by atoms with E-state index in [-0.39, 0.29) is 19.4 Å². The Balaban J connectivity index is 3.92. The van der Waals surface area contributed by atoms with Gasteiger partial charge in [-0.25, -0.2) is 4.57 Å². The number of phosphoric ester groups is 1. The quantitative estimate of drug-likeness (QED) is 0.0278. The molecule has 0 aromatic rings. The highest BCUT2D eigenvalue weighted by atomic mass is 31.2. The van der Waals surface area contributed by atoms with Crippen LogP contribution in [0.5, 0.6) is 0 Å². The number of ether oxygens (including phenoxy) is 2. The third-order valence-corrected chi connectivity index (χ3v) is 9.37. The Kier molecular flexibility index (Phi) is 36.7. The van der Waals surface area contributed by atoms with Crippen molar-refractivity contribution in [2.45, 2.75) is 206 Å². The minimum absolute atomic E-state index is 0.201. The fourth-order valence-electron chi connectivity index (χ4n) is 5.75. The van der Waals surface area contributed by atoms with Gasteiger partial charge < -0.3 is 19.3 Å². The molecule has 0 aliphatic carbocycles. The van der Waals surface area contributed by atoms with Gasteiger partial charge in [0.25, 0.3) is 0 Å². The molecule has 0 saturated carbocycles. The second-order valence-corrected chi connectivity index (χ2v) is 15.2. The van der Waals surface area contributed by atoms with Crippen molar-refractivity contribution in [3.63, 3.8) is 0 Å². The van der Waals surface area contributed by atoms with Crippen LogP contribution in [0.4, 0.5) is 0 Å². The molecule has 0 saturated heterocycles. The Morgan fingerprint density at radius 2 is 0.882 bits per heavy atom. The van der Waals surface area contributed by atoms with Crippen LogP contribution in [0.15, 0.2) is 36.5 Å². The number of hydrogen-bond acceptors (Lipinski definition) is 6. The number of esters is 2. The first-order valence-electron chi connectivity index (χ1n) is 20.8. The normalized spacial score (nSPS) is 12.8. The molecule has 298 valence electrons. The fraction of sp³-hybridized carbons (Fsp3) is 0.810. The number of hydrogen-bond donors (Lipinski definition) is 2. The first-order chi connectivity index (χ1) is 24.8. The van der Waals surface area contributed by atoms with Gasteiger partial charge in [-0.3, -0.25) is 14.1 Å². The summed E-state index contributed by atoms with van der Waals surface area (Å²) in [6, 6.07) is 0. The largest absolute Gasteiger partial charge is 0.469 e. The highest BCUT2D eigenvalue weighted by Crippen LogP contribution is 2.36. The fourth-order valence-corrected chi connectivity index (χ4v) is 6.11. The SMILES string of the molecule is CCCCC/C=C\C/C=C\CCCCCCCCCCCC(=O)OC[C@H](COP(=O)(O)O)OC(=O)CCCCCCC/C=C\CCCCCCC. The van der Waals surface area contributed by atoms with Crippen LogP contribution in [0, 0.1) is 0 Å². The third kappa shape index (κ3) is 40.9. The number of carbonyl (C=O) groups excluding carboxylic acids is 2. The van der Waals surface area contributed by atoms with Gasteiger partial charge in [-0.15, -0.1) is 0 Å². The zero-order valence-electron chi connectivity index (χ0n) is 32.8. The van der Waals surface area contributed by atoms with Crippen LogP contribution in [0.1, 0.15) is 200 Å². The summed E-state index contributed by atoms with van der Waals surface area (Å²) in [5, 5.41) is 0. The molecule has 0 aliphatic rings. The van der Waals surface area contributed by atoms with Gasteiger partial charge in [0.2, 0.25) is 0 Å². The summed E-state index contributed by atoms with van der Waals surface area (Å²) in [5.41, 5.74) is 0. The molecule has 0 heterocycles. The van der Waals surface area contributed by atoms with Crippen LogP contribution in [0.2, 0.25) is 0 Å². The summed E-state index contributed by atoms with van der Waals surface area (Å²) < 4.78 is 26.4. The lowest BCUT2D eigenvalue weighted by atomic mass is 10.1. The molecule has 51 heavy (non-hydrogen) atoms. The van der Waals surface area contributed by atoms with E-state index in [0.717, 1.165) is 70.6 Å². The average molecular weight is 741 g/mol. The van der Waals surface area contributed by atoms with Crippen molar-refractivity contribution in [2.24, 2.45) is 0 Å². The molecule has 0 radical (unpaired) electrons. The van der Waals surface area contributed by atoms with Crippen molar-refractivity contribution in [1.82, 2.24) is 0 Å². The van der Waals surface area contributed by atoms with Crippen molar-refractivity contribution in [3.05, 3.63) is 36.5 Å². The van der Waals surface area contributed by atoms with Crippen molar-refractivity contribution in [2.75, 3.05) is 13.2 Å². The molecule has 0 aromatic heterocycles. The number of unbranched alkanes of at least 4 members (excludes halogenated alkanes) is 22. The van der Waals surface area contributed by atoms with E-state index >= 15 is 0 Å². The molecule has 8 nitrogen and oxygen atoms in total. The molecule has 0 spiro atoms.